The van der Waals surface area contributed by atoms with E-state index in [0.717, 1.165) is 4.57 Å². The van der Waals surface area contributed by atoms with Crippen LogP contribution < -0.4 is 20.8 Å². The minimum atomic E-state index is -4.14. The van der Waals surface area contributed by atoms with Crippen LogP contribution in [0.2, 0.25) is 0 Å². The summed E-state index contributed by atoms with van der Waals surface area (Å²) in [7, 11) is -4.14. The lowest BCUT2D eigenvalue weighted by Crippen LogP contribution is -2.46. The van der Waals surface area contributed by atoms with Gasteiger partial charge in [0.1, 0.15) is 24.6 Å². The highest BCUT2D eigenvalue weighted by Crippen LogP contribution is 2.47. The van der Waals surface area contributed by atoms with Crippen molar-refractivity contribution in [3.05, 3.63) is 53.1 Å². The summed E-state index contributed by atoms with van der Waals surface area (Å²) in [6.07, 6.45) is 1.92. The number of hydrogen-bond acceptors (Lipinski definition) is 11. The molecule has 37 heavy (non-hydrogen) atoms. The summed E-state index contributed by atoms with van der Waals surface area (Å²) >= 11 is 0. The van der Waals surface area contributed by atoms with Gasteiger partial charge in [-0.3, -0.25) is 19.8 Å². The van der Waals surface area contributed by atoms with Gasteiger partial charge in [0.2, 0.25) is 0 Å². The molecule has 0 bridgehead atoms. The average molecular weight is 538 g/mol. The molecule has 5 N–H and O–H groups in total. The molecule has 0 aliphatic carbocycles. The third kappa shape index (κ3) is 6.95. The number of anilines is 1. The SMILES string of the molecule is C#C[C@]1(CO[P@@](=O)(N[C@@H](C)COC(C)C)Oc2ccccc2)O[C@@H](n2ccc(NO)nc2=O)C(O)C1O. The molecule has 14 heteroatoms. The van der Waals surface area contributed by atoms with Crippen molar-refractivity contribution in [2.75, 3.05) is 18.7 Å². The maximum Gasteiger partial charge on any atom is 0.459 e. The second-order valence-corrected chi connectivity index (χ2v) is 10.4. The Bertz CT molecular complexity index is 1190. The minimum Gasteiger partial charge on any atom is -0.413 e. The van der Waals surface area contributed by atoms with E-state index >= 15 is 0 Å². The van der Waals surface area contributed by atoms with Gasteiger partial charge in [0.15, 0.2) is 17.6 Å². The summed E-state index contributed by atoms with van der Waals surface area (Å²) in [6, 6.07) is 9.04. The zero-order chi connectivity index (χ0) is 27.2. The van der Waals surface area contributed by atoms with E-state index in [1.165, 1.54) is 12.3 Å². The van der Waals surface area contributed by atoms with Crippen molar-refractivity contribution in [2.45, 2.75) is 57.0 Å². The second-order valence-electron chi connectivity index (χ2n) is 8.68. The van der Waals surface area contributed by atoms with Gasteiger partial charge in [-0.2, -0.15) is 4.98 Å². The van der Waals surface area contributed by atoms with Crippen LogP contribution in [-0.4, -0.2) is 68.1 Å². The van der Waals surface area contributed by atoms with Gasteiger partial charge in [-0.1, -0.05) is 24.1 Å². The van der Waals surface area contributed by atoms with Gasteiger partial charge >= 0.3 is 13.4 Å². The third-order valence-corrected chi connectivity index (χ3v) is 7.04. The van der Waals surface area contributed by atoms with Crippen molar-refractivity contribution in [3.63, 3.8) is 0 Å². The van der Waals surface area contributed by atoms with Crippen LogP contribution in [0.3, 0.4) is 0 Å². The molecule has 2 aromatic rings. The van der Waals surface area contributed by atoms with Gasteiger partial charge in [0, 0.05) is 12.2 Å². The molecule has 0 spiro atoms. The number of nitrogens with one attached hydrogen (secondary N) is 2. The summed E-state index contributed by atoms with van der Waals surface area (Å²) in [5, 5.41) is 33.1. The van der Waals surface area contributed by atoms with Crippen molar-refractivity contribution in [3.8, 4) is 18.1 Å². The van der Waals surface area contributed by atoms with E-state index in [4.69, 9.17) is 30.2 Å². The van der Waals surface area contributed by atoms with Crippen molar-refractivity contribution in [1.29, 1.82) is 0 Å². The van der Waals surface area contributed by atoms with Gasteiger partial charge in [0.25, 0.3) is 0 Å². The number of aromatic nitrogens is 2. The molecular weight excluding hydrogens is 507 g/mol. The lowest BCUT2D eigenvalue weighted by Gasteiger charge is -2.29. The Balaban J connectivity index is 1.83. The third-order valence-electron chi connectivity index (χ3n) is 5.36. The van der Waals surface area contributed by atoms with Gasteiger partial charge < -0.3 is 24.2 Å². The molecule has 1 fully saturated rings. The highest BCUT2D eigenvalue weighted by Gasteiger charge is 2.55. The fourth-order valence-electron chi connectivity index (χ4n) is 3.49. The number of benzene rings is 1. The van der Waals surface area contributed by atoms with Crippen LogP contribution in [-0.2, 0) is 18.6 Å². The Hall–Kier alpha value is -2.79. The van der Waals surface area contributed by atoms with Crippen LogP contribution in [0.4, 0.5) is 5.82 Å². The topological polar surface area (TPSA) is 174 Å². The Labute approximate surface area is 213 Å². The summed E-state index contributed by atoms with van der Waals surface area (Å²) in [5.41, 5.74) is -1.18. The zero-order valence-corrected chi connectivity index (χ0v) is 21.4. The molecule has 1 saturated heterocycles. The molecule has 2 unspecified atom stereocenters. The molecular formula is C23H31N4O9P. The second kappa shape index (κ2) is 12.2. The van der Waals surface area contributed by atoms with E-state index in [2.05, 4.69) is 16.0 Å². The van der Waals surface area contributed by atoms with E-state index in [-0.39, 0.29) is 24.3 Å². The first-order valence-corrected chi connectivity index (χ1v) is 13.0. The standard InChI is InChI=1S/C23H31N4O9P/c1-5-23(20(29)19(28)21(35-23)27-12-11-18(25-31)24-22(27)30)14-34-37(32,26-16(4)13-33-15(2)3)36-17-9-7-6-8-10-17/h1,6-12,15-16,19-21,28-29,31H,13-14H2,2-4H3,(H,26,32)(H,24,25,30)/t16-,19?,20?,21+,23+,37-/m0/s1. The molecule has 202 valence electrons. The fourth-order valence-corrected chi connectivity index (χ4v) is 5.05. The first-order valence-electron chi connectivity index (χ1n) is 11.4. The largest absolute Gasteiger partial charge is 0.459 e. The molecule has 3 rings (SSSR count). The van der Waals surface area contributed by atoms with E-state index < -0.39 is 50.1 Å². The maximum atomic E-state index is 13.7. The van der Waals surface area contributed by atoms with Crippen LogP contribution in [0.5, 0.6) is 5.75 Å². The molecule has 6 atom stereocenters. The number of ether oxygens (including phenoxy) is 2. The smallest absolute Gasteiger partial charge is 0.413 e. The van der Waals surface area contributed by atoms with Gasteiger partial charge in [-0.15, -0.1) is 6.42 Å². The van der Waals surface area contributed by atoms with Crippen LogP contribution in [0, 0.1) is 12.3 Å². The minimum absolute atomic E-state index is 0.0649. The highest BCUT2D eigenvalue weighted by molar-refractivity contribution is 7.52. The van der Waals surface area contributed by atoms with Crippen molar-refractivity contribution < 1.29 is 38.5 Å². The number of aliphatic hydroxyl groups is 2. The molecule has 1 aromatic carbocycles. The van der Waals surface area contributed by atoms with Crippen LogP contribution in [0.25, 0.3) is 0 Å². The van der Waals surface area contributed by atoms with E-state index in [1.807, 2.05) is 13.8 Å². The average Bonchev–Trinajstić information content (AvgIpc) is 3.12. The number of nitrogens with zero attached hydrogens (tertiary/aromatic N) is 2. The van der Waals surface area contributed by atoms with E-state index in [9.17, 15) is 19.6 Å². The van der Waals surface area contributed by atoms with E-state index in [0.29, 0.717) is 0 Å². The number of rotatable bonds is 12. The molecule has 1 aliphatic rings. The molecule has 1 aliphatic heterocycles. The number of para-hydroxylation sites is 1. The molecule has 2 heterocycles. The molecule has 0 saturated carbocycles. The van der Waals surface area contributed by atoms with Crippen molar-refractivity contribution in [2.24, 2.45) is 0 Å². The molecule has 13 nitrogen and oxygen atoms in total. The monoisotopic (exact) mass is 538 g/mol. The van der Waals surface area contributed by atoms with Crippen LogP contribution in [0.15, 0.2) is 47.4 Å². The van der Waals surface area contributed by atoms with Crippen LogP contribution >= 0.6 is 7.75 Å². The summed E-state index contributed by atoms with van der Waals surface area (Å²) < 4.78 is 37.2. The van der Waals surface area contributed by atoms with E-state index in [1.54, 1.807) is 42.7 Å². The summed E-state index contributed by atoms with van der Waals surface area (Å²) in [5.74, 6) is 2.36. The Morgan fingerprint density at radius 3 is 2.57 bits per heavy atom. The van der Waals surface area contributed by atoms with Crippen molar-refractivity contribution >= 4 is 13.6 Å². The Morgan fingerprint density at radius 2 is 1.97 bits per heavy atom. The zero-order valence-electron chi connectivity index (χ0n) is 20.6. The lowest BCUT2D eigenvalue weighted by atomic mass is 9.97. The van der Waals surface area contributed by atoms with Crippen LogP contribution in [0.1, 0.15) is 27.0 Å². The quantitative estimate of drug-likeness (QED) is 0.149. The predicted octanol–water partition coefficient (Wildman–Crippen LogP) is 1.27. The molecule has 0 radical (unpaired) electrons. The number of hydrogen-bond donors (Lipinski definition) is 5. The van der Waals surface area contributed by atoms with Crippen molar-refractivity contribution in [1.82, 2.24) is 14.6 Å². The Morgan fingerprint density at radius 1 is 1.27 bits per heavy atom. The summed E-state index contributed by atoms with van der Waals surface area (Å²) in [4.78, 5) is 15.9. The number of terminal acetylenes is 1. The number of aliphatic hydroxyl groups excluding tert-OH is 2. The Kier molecular flexibility index (Phi) is 9.46. The first-order chi connectivity index (χ1) is 17.5. The molecule has 1 aromatic heterocycles. The normalized spacial score (nSPS) is 25.8. The highest BCUT2D eigenvalue weighted by atomic mass is 31.2. The fraction of sp³-hybridized carbons (Fsp3) is 0.478. The summed E-state index contributed by atoms with van der Waals surface area (Å²) in [6.45, 7) is 4.95. The van der Waals surface area contributed by atoms with Gasteiger partial charge in [-0.25, -0.2) is 14.4 Å². The lowest BCUT2D eigenvalue weighted by molar-refractivity contribution is -0.0903. The van der Waals surface area contributed by atoms with Gasteiger partial charge in [0.05, 0.1) is 12.7 Å². The maximum absolute atomic E-state index is 13.7. The first kappa shape index (κ1) is 28.8. The van der Waals surface area contributed by atoms with Gasteiger partial charge in [-0.05, 0) is 39.0 Å². The predicted molar refractivity (Wildman–Crippen MR) is 132 cm³/mol. The molecule has 0 amide bonds.